The van der Waals surface area contributed by atoms with E-state index < -0.39 is 0 Å². The topological polar surface area (TPSA) is 56.7 Å². The highest BCUT2D eigenvalue weighted by Crippen LogP contribution is 2.10. The van der Waals surface area contributed by atoms with Gasteiger partial charge in [0.05, 0.1) is 0 Å². The van der Waals surface area contributed by atoms with Crippen molar-refractivity contribution in [1.29, 1.82) is 0 Å². The number of nitrogens with zero attached hydrogens (tertiary/aromatic N) is 2. The van der Waals surface area contributed by atoms with E-state index in [4.69, 9.17) is 0 Å². The Morgan fingerprint density at radius 3 is 2.68 bits per heavy atom. The Morgan fingerprint density at radius 1 is 1.32 bits per heavy atom. The lowest BCUT2D eigenvalue weighted by Crippen LogP contribution is -2.45. The van der Waals surface area contributed by atoms with Crippen molar-refractivity contribution in [2.45, 2.75) is 39.2 Å². The number of guanidine groups is 1. The van der Waals surface area contributed by atoms with Gasteiger partial charge in [0.2, 0.25) is 5.91 Å². The third kappa shape index (κ3) is 7.17. The Morgan fingerprint density at radius 2 is 2.04 bits per heavy atom. The summed E-state index contributed by atoms with van der Waals surface area (Å²) in [5, 5.41) is 6.64. The van der Waals surface area contributed by atoms with Crippen LogP contribution in [0.3, 0.4) is 0 Å². The zero-order chi connectivity index (χ0) is 17.4. The number of carbonyl (C=O) groups excluding carboxylic acids is 1. The average molecular weight is 462 g/mol. The van der Waals surface area contributed by atoms with Gasteiger partial charge in [0.25, 0.3) is 0 Å². The molecule has 140 valence electrons. The second kappa shape index (κ2) is 11.3. The van der Waals surface area contributed by atoms with Gasteiger partial charge in [-0.25, -0.2) is 4.39 Å². The molecule has 1 aliphatic rings. The van der Waals surface area contributed by atoms with Gasteiger partial charge in [-0.15, -0.1) is 24.0 Å². The van der Waals surface area contributed by atoms with Crippen molar-refractivity contribution < 1.29 is 9.18 Å². The molecular weight excluding hydrogens is 434 g/mol. The molecule has 0 aromatic heterocycles. The lowest BCUT2D eigenvalue weighted by Gasteiger charge is -2.18. The minimum absolute atomic E-state index is 0. The van der Waals surface area contributed by atoms with Crippen molar-refractivity contribution in [3.05, 3.63) is 35.6 Å². The maximum absolute atomic E-state index is 12.9. The van der Waals surface area contributed by atoms with Crippen molar-refractivity contribution in [2.75, 3.05) is 26.2 Å². The quantitative estimate of drug-likeness (QED) is 0.388. The number of hydrogen-bond donors (Lipinski definition) is 2. The van der Waals surface area contributed by atoms with Crippen LogP contribution in [0, 0.1) is 5.82 Å². The molecule has 5 nitrogen and oxygen atoms in total. The van der Waals surface area contributed by atoms with E-state index in [1.165, 1.54) is 12.1 Å². The third-order valence-corrected chi connectivity index (χ3v) is 4.11. The first-order chi connectivity index (χ1) is 11.6. The zero-order valence-electron chi connectivity index (χ0n) is 14.9. The first kappa shape index (κ1) is 21.7. The Balaban J connectivity index is 0.00000312. The maximum Gasteiger partial charge on any atom is 0.222 e. The molecule has 0 spiro atoms. The van der Waals surface area contributed by atoms with Crippen LogP contribution in [0.5, 0.6) is 0 Å². The fourth-order valence-corrected chi connectivity index (χ4v) is 2.79. The standard InChI is InChI=1S/C18H27FN4O.HI/c1-3-17(24)23-12-10-16(13-23)22-18(20-4-2)21-11-9-14-5-7-15(19)8-6-14;/h5-8,16H,3-4,9-13H2,1-2H3,(H2,20,21,22);1H. The number of nitrogens with one attached hydrogen (secondary N) is 2. The second-order valence-electron chi connectivity index (χ2n) is 5.96. The molecule has 1 aromatic rings. The molecule has 1 fully saturated rings. The number of amides is 1. The summed E-state index contributed by atoms with van der Waals surface area (Å²) in [5.74, 6) is 0.762. The van der Waals surface area contributed by atoms with Crippen LogP contribution in [0.4, 0.5) is 4.39 Å². The minimum atomic E-state index is -0.218. The van der Waals surface area contributed by atoms with Crippen molar-refractivity contribution in [1.82, 2.24) is 15.5 Å². The van der Waals surface area contributed by atoms with Crippen molar-refractivity contribution >= 4 is 35.8 Å². The summed E-state index contributed by atoms with van der Waals surface area (Å²) in [6.07, 6.45) is 2.26. The van der Waals surface area contributed by atoms with Gasteiger partial charge in [0.15, 0.2) is 5.96 Å². The molecule has 2 N–H and O–H groups in total. The number of likely N-dealkylation sites (tertiary alicyclic amines) is 1. The van der Waals surface area contributed by atoms with Crippen molar-refractivity contribution in [3.8, 4) is 0 Å². The molecule has 1 amide bonds. The minimum Gasteiger partial charge on any atom is -0.357 e. The number of carbonyl (C=O) groups is 1. The number of aliphatic imine (C=N–C) groups is 1. The molecule has 0 saturated carbocycles. The predicted octanol–water partition coefficient (Wildman–Crippen LogP) is 2.55. The number of rotatable bonds is 6. The highest BCUT2D eigenvalue weighted by molar-refractivity contribution is 14.0. The van der Waals surface area contributed by atoms with E-state index >= 15 is 0 Å². The monoisotopic (exact) mass is 462 g/mol. The molecule has 2 rings (SSSR count). The van der Waals surface area contributed by atoms with E-state index in [9.17, 15) is 9.18 Å². The van der Waals surface area contributed by atoms with Gasteiger partial charge in [-0.3, -0.25) is 9.79 Å². The van der Waals surface area contributed by atoms with Gasteiger partial charge >= 0.3 is 0 Å². The predicted molar refractivity (Wildman–Crippen MR) is 110 cm³/mol. The Hall–Kier alpha value is -1.38. The number of halogens is 2. The summed E-state index contributed by atoms with van der Waals surface area (Å²) in [7, 11) is 0. The van der Waals surface area contributed by atoms with Crippen LogP contribution in [0.1, 0.15) is 32.3 Å². The molecule has 0 bridgehead atoms. The molecule has 7 heteroatoms. The molecule has 1 unspecified atom stereocenters. The molecule has 1 heterocycles. The van der Waals surface area contributed by atoms with E-state index in [1.54, 1.807) is 12.1 Å². The summed E-state index contributed by atoms with van der Waals surface area (Å²) in [4.78, 5) is 18.2. The van der Waals surface area contributed by atoms with Gasteiger partial charge in [-0.05, 0) is 37.5 Å². The largest absolute Gasteiger partial charge is 0.357 e. The van der Waals surface area contributed by atoms with Crippen LogP contribution < -0.4 is 10.6 Å². The molecular formula is C18H28FIN4O. The van der Waals surface area contributed by atoms with E-state index in [1.807, 2.05) is 18.7 Å². The molecule has 0 aliphatic carbocycles. The summed E-state index contributed by atoms with van der Waals surface area (Å²) < 4.78 is 12.9. The van der Waals surface area contributed by atoms with E-state index in [0.29, 0.717) is 13.0 Å². The third-order valence-electron chi connectivity index (χ3n) is 4.11. The van der Waals surface area contributed by atoms with Gasteiger partial charge in [0, 0.05) is 38.6 Å². The Kier molecular flexibility index (Phi) is 9.77. The summed E-state index contributed by atoms with van der Waals surface area (Å²) >= 11 is 0. The van der Waals surface area contributed by atoms with E-state index in [2.05, 4.69) is 15.6 Å². The van der Waals surface area contributed by atoms with Crippen molar-refractivity contribution in [3.63, 3.8) is 0 Å². The average Bonchev–Trinajstić information content (AvgIpc) is 3.04. The van der Waals surface area contributed by atoms with Gasteiger partial charge < -0.3 is 15.5 Å². The van der Waals surface area contributed by atoms with Gasteiger partial charge in [-0.2, -0.15) is 0 Å². The Bertz CT molecular complexity index is 565. The molecule has 1 aliphatic heterocycles. The van der Waals surface area contributed by atoms with E-state index in [0.717, 1.165) is 44.0 Å². The summed E-state index contributed by atoms with van der Waals surface area (Å²) in [6.45, 7) is 6.87. The molecule has 1 atom stereocenters. The van der Waals surface area contributed by atoms with Crippen molar-refractivity contribution in [2.24, 2.45) is 4.99 Å². The van der Waals surface area contributed by atoms with Gasteiger partial charge in [-0.1, -0.05) is 19.1 Å². The normalized spacial score (nSPS) is 17.2. The van der Waals surface area contributed by atoms with Gasteiger partial charge in [0.1, 0.15) is 5.82 Å². The summed E-state index contributed by atoms with van der Waals surface area (Å²) in [6, 6.07) is 6.76. The first-order valence-electron chi connectivity index (χ1n) is 8.69. The fraction of sp³-hybridized carbons (Fsp3) is 0.556. The van der Waals surface area contributed by atoms with Crippen LogP contribution in [-0.4, -0.2) is 49.0 Å². The molecule has 1 saturated heterocycles. The SMILES string of the molecule is CCNC(=NCCc1ccc(F)cc1)NC1CCN(C(=O)CC)C1.I. The zero-order valence-corrected chi connectivity index (χ0v) is 17.3. The maximum atomic E-state index is 12.9. The first-order valence-corrected chi connectivity index (χ1v) is 8.69. The highest BCUT2D eigenvalue weighted by atomic mass is 127. The molecule has 1 aromatic carbocycles. The lowest BCUT2D eigenvalue weighted by atomic mass is 10.1. The fourth-order valence-electron chi connectivity index (χ4n) is 2.79. The Labute approximate surface area is 166 Å². The second-order valence-corrected chi connectivity index (χ2v) is 5.96. The van der Waals surface area contributed by atoms with Crippen LogP contribution >= 0.6 is 24.0 Å². The smallest absolute Gasteiger partial charge is 0.222 e. The van der Waals surface area contributed by atoms with E-state index in [-0.39, 0.29) is 41.7 Å². The molecule has 0 radical (unpaired) electrons. The van der Waals surface area contributed by atoms with Crippen LogP contribution in [0.2, 0.25) is 0 Å². The van der Waals surface area contributed by atoms with Crippen LogP contribution in [0.25, 0.3) is 0 Å². The van der Waals surface area contributed by atoms with Crippen LogP contribution in [-0.2, 0) is 11.2 Å². The number of benzene rings is 1. The summed E-state index contributed by atoms with van der Waals surface area (Å²) in [5.41, 5.74) is 1.07. The van der Waals surface area contributed by atoms with Crippen LogP contribution in [0.15, 0.2) is 29.3 Å². The molecule has 25 heavy (non-hydrogen) atoms. The number of hydrogen-bond acceptors (Lipinski definition) is 2. The lowest BCUT2D eigenvalue weighted by molar-refractivity contribution is -0.129. The highest BCUT2D eigenvalue weighted by Gasteiger charge is 2.25.